The Balaban J connectivity index is 2.14. The molecule has 1 atom stereocenters. The van der Waals surface area contributed by atoms with Crippen LogP contribution in [0.4, 0.5) is 4.39 Å². The number of benzene rings is 1. The van der Waals surface area contributed by atoms with Gasteiger partial charge in [-0.3, -0.25) is 9.79 Å². The largest absolute Gasteiger partial charge is 0.511 e. The summed E-state index contributed by atoms with van der Waals surface area (Å²) >= 11 is 3.38. The van der Waals surface area contributed by atoms with Gasteiger partial charge >= 0.3 is 0 Å². The third kappa shape index (κ3) is 4.72. The first-order valence-corrected chi connectivity index (χ1v) is 8.22. The SMILES string of the molecule is CN(C)CCN=CC1=C(O)CC(c2cc(F)ccc2Br)CC1=O. The van der Waals surface area contributed by atoms with E-state index in [0.717, 1.165) is 11.0 Å². The number of hydrogen-bond acceptors (Lipinski definition) is 4. The Labute approximate surface area is 143 Å². The van der Waals surface area contributed by atoms with Crippen molar-refractivity contribution in [1.29, 1.82) is 0 Å². The molecule has 0 saturated carbocycles. The Bertz CT molecular complexity index is 656. The van der Waals surface area contributed by atoms with Crippen LogP contribution in [0, 0.1) is 5.82 Å². The first kappa shape index (κ1) is 17.8. The van der Waals surface area contributed by atoms with E-state index in [9.17, 15) is 14.3 Å². The zero-order chi connectivity index (χ0) is 17.0. The van der Waals surface area contributed by atoms with Crippen LogP contribution < -0.4 is 0 Å². The summed E-state index contributed by atoms with van der Waals surface area (Å²) in [5.74, 6) is -0.721. The number of Topliss-reactive ketones (excluding diaryl/α,β-unsaturated/α-hetero) is 1. The lowest BCUT2D eigenvalue weighted by Crippen LogP contribution is -2.20. The van der Waals surface area contributed by atoms with Crippen molar-refractivity contribution < 1.29 is 14.3 Å². The molecule has 1 aromatic rings. The van der Waals surface area contributed by atoms with Gasteiger partial charge in [0.25, 0.3) is 0 Å². The van der Waals surface area contributed by atoms with Crippen molar-refractivity contribution in [1.82, 2.24) is 4.90 Å². The standard InChI is InChI=1S/C17H20BrFN2O2/c1-21(2)6-5-20-10-14-16(22)7-11(8-17(14)23)13-9-12(19)3-4-15(13)18/h3-4,9-11,22H,5-8H2,1-2H3. The van der Waals surface area contributed by atoms with Crippen molar-refractivity contribution in [3.8, 4) is 0 Å². The highest BCUT2D eigenvalue weighted by Gasteiger charge is 2.29. The molecule has 6 heteroatoms. The van der Waals surface area contributed by atoms with Crippen LogP contribution in [0.5, 0.6) is 0 Å². The van der Waals surface area contributed by atoms with Crippen LogP contribution in [0.2, 0.25) is 0 Å². The summed E-state index contributed by atoms with van der Waals surface area (Å²) in [5.41, 5.74) is 0.973. The Hall–Kier alpha value is -1.53. The molecule has 0 heterocycles. The smallest absolute Gasteiger partial charge is 0.168 e. The topological polar surface area (TPSA) is 52.9 Å². The predicted octanol–water partition coefficient (Wildman–Crippen LogP) is 3.48. The van der Waals surface area contributed by atoms with E-state index in [0.29, 0.717) is 18.5 Å². The molecule has 0 aromatic heterocycles. The van der Waals surface area contributed by atoms with Crippen molar-refractivity contribution in [2.24, 2.45) is 4.99 Å². The fourth-order valence-corrected chi connectivity index (χ4v) is 3.09. The maximum Gasteiger partial charge on any atom is 0.168 e. The molecule has 0 radical (unpaired) electrons. The van der Waals surface area contributed by atoms with Crippen LogP contribution in [0.3, 0.4) is 0 Å². The molecule has 0 saturated heterocycles. The maximum absolute atomic E-state index is 13.4. The summed E-state index contributed by atoms with van der Waals surface area (Å²) in [6.45, 7) is 1.34. The van der Waals surface area contributed by atoms with E-state index in [1.807, 2.05) is 19.0 Å². The Kier molecular flexibility index (Phi) is 6.07. The number of carbonyl (C=O) groups is 1. The molecule has 124 valence electrons. The predicted molar refractivity (Wildman–Crippen MR) is 92.6 cm³/mol. The van der Waals surface area contributed by atoms with E-state index < -0.39 is 0 Å². The number of aliphatic hydroxyl groups is 1. The lowest BCUT2D eigenvalue weighted by molar-refractivity contribution is -0.116. The number of ketones is 1. The average Bonchev–Trinajstić information content (AvgIpc) is 2.47. The number of aliphatic hydroxyl groups excluding tert-OH is 1. The highest BCUT2D eigenvalue weighted by Crippen LogP contribution is 2.36. The highest BCUT2D eigenvalue weighted by atomic mass is 79.9. The normalized spacial score (nSPS) is 19.2. The molecule has 2 rings (SSSR count). The third-order valence-corrected chi connectivity index (χ3v) is 4.50. The number of aliphatic imine (C=N–C) groups is 1. The molecule has 4 nitrogen and oxygen atoms in total. The second kappa shape index (κ2) is 7.84. The molecule has 1 N–H and O–H groups in total. The van der Waals surface area contributed by atoms with Gasteiger partial charge in [0.2, 0.25) is 0 Å². The zero-order valence-corrected chi connectivity index (χ0v) is 14.8. The van der Waals surface area contributed by atoms with Gasteiger partial charge in [0.15, 0.2) is 5.78 Å². The van der Waals surface area contributed by atoms with Crippen molar-refractivity contribution in [3.05, 3.63) is 45.4 Å². The average molecular weight is 383 g/mol. The zero-order valence-electron chi connectivity index (χ0n) is 13.2. The number of hydrogen-bond donors (Lipinski definition) is 1. The van der Waals surface area contributed by atoms with E-state index in [1.54, 1.807) is 6.07 Å². The molecule has 23 heavy (non-hydrogen) atoms. The van der Waals surface area contributed by atoms with Gasteiger partial charge in [-0.05, 0) is 43.8 Å². The quantitative estimate of drug-likeness (QED) is 0.793. The van der Waals surface area contributed by atoms with Gasteiger partial charge in [0.05, 0.1) is 12.1 Å². The molecule has 1 aromatic carbocycles. The van der Waals surface area contributed by atoms with E-state index >= 15 is 0 Å². The van der Waals surface area contributed by atoms with Crippen molar-refractivity contribution in [2.75, 3.05) is 27.2 Å². The van der Waals surface area contributed by atoms with Crippen LogP contribution >= 0.6 is 15.9 Å². The van der Waals surface area contributed by atoms with Gasteiger partial charge < -0.3 is 10.0 Å². The molecule has 1 aliphatic carbocycles. The van der Waals surface area contributed by atoms with Crippen LogP contribution in [0.1, 0.15) is 24.3 Å². The molecular weight excluding hydrogens is 363 g/mol. The summed E-state index contributed by atoms with van der Waals surface area (Å²) in [6.07, 6.45) is 2.00. The second-order valence-electron chi connectivity index (χ2n) is 5.89. The van der Waals surface area contributed by atoms with Gasteiger partial charge in [0, 0.05) is 30.1 Å². The van der Waals surface area contributed by atoms with Crippen LogP contribution in [-0.4, -0.2) is 49.2 Å². The monoisotopic (exact) mass is 382 g/mol. The number of allylic oxidation sites excluding steroid dienone is 2. The first-order chi connectivity index (χ1) is 10.9. The van der Waals surface area contributed by atoms with E-state index in [-0.39, 0.29) is 35.3 Å². The summed E-state index contributed by atoms with van der Waals surface area (Å²) in [4.78, 5) is 18.5. The van der Waals surface area contributed by atoms with Crippen molar-refractivity contribution in [3.63, 3.8) is 0 Å². The minimum Gasteiger partial charge on any atom is -0.511 e. The van der Waals surface area contributed by atoms with Gasteiger partial charge in [-0.2, -0.15) is 0 Å². The summed E-state index contributed by atoms with van der Waals surface area (Å²) in [7, 11) is 3.89. The molecule has 1 unspecified atom stereocenters. The van der Waals surface area contributed by atoms with Gasteiger partial charge in [0.1, 0.15) is 11.6 Å². The number of rotatable bonds is 5. The molecule has 0 aliphatic heterocycles. The van der Waals surface area contributed by atoms with E-state index in [1.165, 1.54) is 18.3 Å². The molecule has 0 amide bonds. The number of likely N-dealkylation sites (N-methyl/N-ethyl adjacent to an activating group) is 1. The molecule has 0 spiro atoms. The van der Waals surface area contributed by atoms with E-state index in [4.69, 9.17) is 0 Å². The van der Waals surface area contributed by atoms with Gasteiger partial charge in [-0.25, -0.2) is 4.39 Å². The Morgan fingerprint density at radius 2 is 2.17 bits per heavy atom. The van der Waals surface area contributed by atoms with Crippen LogP contribution in [0.15, 0.2) is 39.0 Å². The fourth-order valence-electron chi connectivity index (χ4n) is 2.52. The molecule has 0 bridgehead atoms. The van der Waals surface area contributed by atoms with Crippen LogP contribution in [0.25, 0.3) is 0 Å². The minimum atomic E-state index is -0.352. The Morgan fingerprint density at radius 3 is 2.83 bits per heavy atom. The summed E-state index contributed by atoms with van der Waals surface area (Å²) in [5, 5.41) is 10.2. The third-order valence-electron chi connectivity index (χ3n) is 3.78. The number of halogens is 2. The Morgan fingerprint density at radius 1 is 1.43 bits per heavy atom. The van der Waals surface area contributed by atoms with Gasteiger partial charge in [-0.1, -0.05) is 15.9 Å². The lowest BCUT2D eigenvalue weighted by atomic mass is 9.83. The first-order valence-electron chi connectivity index (χ1n) is 7.43. The lowest BCUT2D eigenvalue weighted by Gasteiger charge is -2.23. The second-order valence-corrected chi connectivity index (χ2v) is 6.75. The van der Waals surface area contributed by atoms with Crippen molar-refractivity contribution in [2.45, 2.75) is 18.8 Å². The molecule has 1 aliphatic rings. The van der Waals surface area contributed by atoms with Gasteiger partial charge in [-0.15, -0.1) is 0 Å². The minimum absolute atomic E-state index is 0.0241. The fraction of sp³-hybridized carbons (Fsp3) is 0.412. The molecular formula is C17H20BrFN2O2. The molecule has 0 fully saturated rings. The van der Waals surface area contributed by atoms with Crippen LogP contribution in [-0.2, 0) is 4.79 Å². The maximum atomic E-state index is 13.4. The summed E-state index contributed by atoms with van der Waals surface area (Å²) in [6, 6.07) is 4.39. The summed E-state index contributed by atoms with van der Waals surface area (Å²) < 4.78 is 14.2. The van der Waals surface area contributed by atoms with E-state index in [2.05, 4.69) is 20.9 Å². The number of nitrogens with zero attached hydrogens (tertiary/aromatic N) is 2. The highest BCUT2D eigenvalue weighted by molar-refractivity contribution is 9.10. The number of carbonyl (C=O) groups excluding carboxylic acids is 1. The van der Waals surface area contributed by atoms with Crippen molar-refractivity contribution >= 4 is 27.9 Å².